The van der Waals surface area contributed by atoms with Crippen molar-refractivity contribution in [3.05, 3.63) is 142 Å². The lowest BCUT2D eigenvalue weighted by molar-refractivity contribution is -0.211. The molecule has 0 N–H and O–H groups in total. The third-order valence-corrected chi connectivity index (χ3v) is 8.42. The van der Waals surface area contributed by atoms with E-state index in [-0.39, 0.29) is 24.4 Å². The van der Waals surface area contributed by atoms with Crippen molar-refractivity contribution in [1.29, 1.82) is 0 Å². The standard InChI is InChI=1S/C38H40O4/c1-4-32-23-36(39-24-28-13-7-5-8-14-28)38(40-25-29-15-9-6-10-16-29)37(42-32)34-22-31(26(2)19-27(34)3)21-33-20-30-17-11-12-18-35(30)41-33/h5-20,22,32,36-38H,4,21,23-25H2,1-3H3/t32-,36+,37+,38-/m1/s1. The normalized spacial score (nSPS) is 20.6. The molecule has 5 aromatic rings. The second-order valence-electron chi connectivity index (χ2n) is 11.5. The maximum atomic E-state index is 6.85. The zero-order valence-electron chi connectivity index (χ0n) is 24.8. The van der Waals surface area contributed by atoms with Crippen molar-refractivity contribution in [2.45, 2.75) is 77.7 Å². The highest BCUT2D eigenvalue weighted by Crippen LogP contribution is 2.39. The van der Waals surface area contributed by atoms with Gasteiger partial charge in [-0.05, 0) is 65.8 Å². The molecule has 1 aromatic heterocycles. The molecule has 0 bridgehead atoms. The molecule has 0 aliphatic carbocycles. The maximum absolute atomic E-state index is 6.85. The highest BCUT2D eigenvalue weighted by molar-refractivity contribution is 5.77. The molecule has 1 saturated heterocycles. The molecule has 4 nitrogen and oxygen atoms in total. The van der Waals surface area contributed by atoms with Crippen LogP contribution in [0.3, 0.4) is 0 Å². The molecule has 4 heteroatoms. The van der Waals surface area contributed by atoms with Gasteiger partial charge in [0.1, 0.15) is 23.6 Å². The van der Waals surface area contributed by atoms with Crippen molar-refractivity contribution in [2.24, 2.45) is 0 Å². The molecule has 1 aliphatic heterocycles. The van der Waals surface area contributed by atoms with Crippen LogP contribution < -0.4 is 0 Å². The molecule has 0 saturated carbocycles. The lowest BCUT2D eigenvalue weighted by Crippen LogP contribution is -2.46. The van der Waals surface area contributed by atoms with E-state index in [2.05, 4.69) is 93.6 Å². The molecule has 0 unspecified atom stereocenters. The Morgan fingerprint density at radius 1 is 0.738 bits per heavy atom. The number of hydrogen-bond acceptors (Lipinski definition) is 4. The fraction of sp³-hybridized carbons (Fsp3) is 0.316. The summed E-state index contributed by atoms with van der Waals surface area (Å²) in [6, 6.07) is 35.7. The van der Waals surface area contributed by atoms with Gasteiger partial charge in [0, 0.05) is 18.2 Å². The number of ether oxygens (including phenoxy) is 3. The van der Waals surface area contributed by atoms with E-state index >= 15 is 0 Å². The first-order valence-electron chi connectivity index (χ1n) is 15.1. The van der Waals surface area contributed by atoms with E-state index in [0.29, 0.717) is 13.2 Å². The summed E-state index contributed by atoms with van der Waals surface area (Å²) in [5.74, 6) is 0.964. The zero-order chi connectivity index (χ0) is 28.9. The van der Waals surface area contributed by atoms with Crippen LogP contribution in [0.2, 0.25) is 0 Å². The summed E-state index contributed by atoms with van der Waals surface area (Å²) in [4.78, 5) is 0. The fourth-order valence-electron chi connectivity index (χ4n) is 6.07. The molecule has 216 valence electrons. The first-order valence-corrected chi connectivity index (χ1v) is 15.1. The van der Waals surface area contributed by atoms with Crippen LogP contribution in [0.4, 0.5) is 0 Å². The van der Waals surface area contributed by atoms with E-state index in [9.17, 15) is 0 Å². The molecule has 0 radical (unpaired) electrons. The Kier molecular flexibility index (Phi) is 8.85. The van der Waals surface area contributed by atoms with Gasteiger partial charge in [-0.1, -0.05) is 97.9 Å². The van der Waals surface area contributed by atoms with Crippen LogP contribution in [0, 0.1) is 13.8 Å². The third kappa shape index (κ3) is 6.52. The molecule has 2 heterocycles. The summed E-state index contributed by atoms with van der Waals surface area (Å²) in [5, 5.41) is 1.13. The van der Waals surface area contributed by atoms with Crippen LogP contribution in [-0.4, -0.2) is 18.3 Å². The minimum atomic E-state index is -0.253. The number of furan rings is 1. The van der Waals surface area contributed by atoms with Gasteiger partial charge in [-0.25, -0.2) is 0 Å². The van der Waals surface area contributed by atoms with E-state index in [1.165, 1.54) is 16.7 Å². The Hall–Kier alpha value is -3.70. The smallest absolute Gasteiger partial charge is 0.134 e. The quantitative estimate of drug-likeness (QED) is 0.171. The van der Waals surface area contributed by atoms with Crippen molar-refractivity contribution < 1.29 is 18.6 Å². The highest BCUT2D eigenvalue weighted by Gasteiger charge is 2.41. The Bertz CT molecular complexity index is 1560. The van der Waals surface area contributed by atoms with Gasteiger partial charge in [-0.3, -0.25) is 0 Å². The van der Waals surface area contributed by atoms with Gasteiger partial charge in [0.2, 0.25) is 0 Å². The van der Waals surface area contributed by atoms with Crippen LogP contribution in [0.15, 0.2) is 108 Å². The summed E-state index contributed by atoms with van der Waals surface area (Å²) in [6.45, 7) is 7.60. The van der Waals surface area contributed by atoms with Crippen molar-refractivity contribution in [3.63, 3.8) is 0 Å². The maximum Gasteiger partial charge on any atom is 0.134 e. The predicted octanol–water partition coefficient (Wildman–Crippen LogP) is 9.05. The molecule has 0 amide bonds. The number of hydrogen-bond donors (Lipinski definition) is 0. The van der Waals surface area contributed by atoms with E-state index in [1.807, 2.05) is 30.3 Å². The Morgan fingerprint density at radius 3 is 2.10 bits per heavy atom. The van der Waals surface area contributed by atoms with Crippen molar-refractivity contribution in [2.75, 3.05) is 0 Å². The average molecular weight is 561 g/mol. The van der Waals surface area contributed by atoms with Gasteiger partial charge < -0.3 is 18.6 Å². The third-order valence-electron chi connectivity index (χ3n) is 8.42. The van der Waals surface area contributed by atoms with Gasteiger partial charge in [0.15, 0.2) is 0 Å². The van der Waals surface area contributed by atoms with E-state index < -0.39 is 0 Å². The highest BCUT2D eigenvalue weighted by atomic mass is 16.6. The minimum Gasteiger partial charge on any atom is -0.461 e. The summed E-state index contributed by atoms with van der Waals surface area (Å²) in [7, 11) is 0. The van der Waals surface area contributed by atoms with E-state index in [4.69, 9.17) is 18.6 Å². The SMILES string of the molecule is CC[C@@H]1C[C@H](OCc2ccccc2)[C@@H](OCc2ccccc2)[C@H](c2cc(Cc3cc4ccccc4o3)c(C)cc2C)O1. The number of para-hydroxylation sites is 1. The van der Waals surface area contributed by atoms with Crippen molar-refractivity contribution in [1.82, 2.24) is 0 Å². The summed E-state index contributed by atoms with van der Waals surface area (Å²) in [6.07, 6.45) is 1.94. The monoisotopic (exact) mass is 560 g/mol. The zero-order valence-corrected chi connectivity index (χ0v) is 24.8. The molecular weight excluding hydrogens is 520 g/mol. The number of fused-ring (bicyclic) bond motifs is 1. The molecule has 42 heavy (non-hydrogen) atoms. The topological polar surface area (TPSA) is 40.8 Å². The second-order valence-corrected chi connectivity index (χ2v) is 11.5. The lowest BCUT2D eigenvalue weighted by atomic mass is 9.87. The van der Waals surface area contributed by atoms with Crippen LogP contribution >= 0.6 is 0 Å². The average Bonchev–Trinajstić information content (AvgIpc) is 3.44. The van der Waals surface area contributed by atoms with Gasteiger partial charge in [-0.15, -0.1) is 0 Å². The summed E-state index contributed by atoms with van der Waals surface area (Å²) in [5.41, 5.74) is 8.08. The number of aryl methyl sites for hydroxylation is 2. The van der Waals surface area contributed by atoms with E-state index in [0.717, 1.165) is 52.7 Å². The van der Waals surface area contributed by atoms with Crippen LogP contribution in [-0.2, 0) is 33.8 Å². The molecular formula is C38H40O4. The Balaban J connectivity index is 1.32. The first kappa shape index (κ1) is 28.4. The largest absolute Gasteiger partial charge is 0.461 e. The molecule has 1 aliphatic rings. The van der Waals surface area contributed by atoms with Crippen LogP contribution in [0.25, 0.3) is 11.0 Å². The molecule has 4 atom stereocenters. The lowest BCUT2D eigenvalue weighted by Gasteiger charge is -2.42. The van der Waals surface area contributed by atoms with Gasteiger partial charge in [-0.2, -0.15) is 0 Å². The summed E-state index contributed by atoms with van der Waals surface area (Å²) < 4.78 is 26.5. The van der Waals surface area contributed by atoms with Gasteiger partial charge in [0.25, 0.3) is 0 Å². The van der Waals surface area contributed by atoms with E-state index in [1.54, 1.807) is 0 Å². The van der Waals surface area contributed by atoms with Gasteiger partial charge >= 0.3 is 0 Å². The van der Waals surface area contributed by atoms with Crippen LogP contribution in [0.5, 0.6) is 0 Å². The molecule has 6 rings (SSSR count). The van der Waals surface area contributed by atoms with Crippen molar-refractivity contribution in [3.8, 4) is 0 Å². The number of benzene rings is 4. The first-order chi connectivity index (χ1) is 20.6. The Morgan fingerprint density at radius 2 is 1.40 bits per heavy atom. The summed E-state index contributed by atoms with van der Waals surface area (Å²) >= 11 is 0. The second kappa shape index (κ2) is 13.1. The number of rotatable bonds is 10. The predicted molar refractivity (Wildman–Crippen MR) is 167 cm³/mol. The molecule has 0 spiro atoms. The fourth-order valence-corrected chi connectivity index (χ4v) is 6.07. The van der Waals surface area contributed by atoms with Gasteiger partial charge in [0.05, 0.1) is 25.4 Å². The van der Waals surface area contributed by atoms with Crippen LogP contribution in [0.1, 0.15) is 65.0 Å². The minimum absolute atomic E-state index is 0.0897. The van der Waals surface area contributed by atoms with Crippen molar-refractivity contribution >= 4 is 11.0 Å². The molecule has 1 fully saturated rings. The molecule has 4 aromatic carbocycles. The Labute approximate surface area is 249 Å².